The van der Waals surface area contributed by atoms with Crippen molar-refractivity contribution in [2.45, 2.75) is 79.1 Å². The molecule has 2 unspecified atom stereocenters. The summed E-state index contributed by atoms with van der Waals surface area (Å²) < 4.78 is 5.17. The third kappa shape index (κ3) is 14.3. The third-order valence-electron chi connectivity index (χ3n) is 5.73. The monoisotopic (exact) mass is 576 g/mol. The summed E-state index contributed by atoms with van der Waals surface area (Å²) in [6.45, 7) is 10.1. The number of nitrogens with two attached hydrogens (primary N) is 1. The van der Waals surface area contributed by atoms with Gasteiger partial charge in [0.15, 0.2) is 0 Å². The van der Waals surface area contributed by atoms with Crippen molar-refractivity contribution < 1.29 is 33.5 Å². The lowest BCUT2D eigenvalue weighted by atomic mass is 10.0. The summed E-state index contributed by atoms with van der Waals surface area (Å²) in [6, 6.07) is 5.03. The molecule has 2 atom stereocenters. The van der Waals surface area contributed by atoms with Crippen LogP contribution in [0.15, 0.2) is 24.3 Å². The van der Waals surface area contributed by atoms with Gasteiger partial charge in [0.1, 0.15) is 12.6 Å². The van der Waals surface area contributed by atoms with Gasteiger partial charge >= 0.3 is 5.97 Å². The second-order valence-electron chi connectivity index (χ2n) is 10.6. The minimum atomic E-state index is -0.945. The normalized spacial score (nSPS) is 12.4. The molecule has 0 radical (unpaired) electrons. The number of hydrogen-bond acceptors (Lipinski definition) is 8. The fourth-order valence-electron chi connectivity index (χ4n) is 3.52. The zero-order valence-electron chi connectivity index (χ0n) is 24.7. The van der Waals surface area contributed by atoms with E-state index in [0.29, 0.717) is 5.69 Å². The van der Waals surface area contributed by atoms with Crippen LogP contribution in [0.5, 0.6) is 0 Å². The summed E-state index contributed by atoms with van der Waals surface area (Å²) in [5, 5.41) is 13.3. The highest BCUT2D eigenvalue weighted by Gasteiger charge is 2.26. The molecule has 0 spiro atoms. The van der Waals surface area contributed by atoms with Gasteiger partial charge in [0.05, 0.1) is 25.0 Å². The van der Waals surface area contributed by atoms with E-state index in [4.69, 9.17) is 10.5 Å². The molecule has 1 aromatic rings. The first-order chi connectivity index (χ1) is 19.2. The minimum Gasteiger partial charge on any atom is -0.461 e. The summed E-state index contributed by atoms with van der Waals surface area (Å²) in [5.41, 5.74) is 6.43. The number of hydrogen-bond donors (Lipinski definition) is 6. The summed E-state index contributed by atoms with van der Waals surface area (Å²) in [6.07, 6.45) is 0.186. The lowest BCUT2D eigenvalue weighted by Gasteiger charge is -2.23. The van der Waals surface area contributed by atoms with Gasteiger partial charge in [0.25, 0.3) is 0 Å². The van der Waals surface area contributed by atoms with Crippen LogP contribution in [0.2, 0.25) is 0 Å². The van der Waals surface area contributed by atoms with Gasteiger partial charge in [-0.25, -0.2) is 0 Å². The van der Waals surface area contributed by atoms with Crippen molar-refractivity contribution in [3.8, 4) is 0 Å². The summed E-state index contributed by atoms with van der Waals surface area (Å²) in [7, 11) is 0. The number of benzene rings is 1. The van der Waals surface area contributed by atoms with E-state index in [9.17, 15) is 28.8 Å². The van der Waals surface area contributed by atoms with Crippen molar-refractivity contribution in [3.63, 3.8) is 0 Å². The first-order valence-electron chi connectivity index (χ1n) is 13.6. The van der Waals surface area contributed by atoms with E-state index in [1.54, 1.807) is 52.0 Å². The molecular weight excluding hydrogens is 532 g/mol. The Labute approximate surface area is 241 Å². The number of esters is 1. The molecule has 0 heterocycles. The second-order valence-corrected chi connectivity index (χ2v) is 10.6. The summed E-state index contributed by atoms with van der Waals surface area (Å²) in [5.74, 6) is -3.46. The van der Waals surface area contributed by atoms with Gasteiger partial charge in [-0.05, 0) is 30.0 Å². The SMILES string of the molecule is CC(C)NC(CCC(N)=O)C(=O)NCC(=O)NC(C(=O)NCC(=O)Nc1ccc(COC(=O)C(C)C)cc1)C(C)C. The van der Waals surface area contributed by atoms with Crippen LogP contribution in [0.4, 0.5) is 5.69 Å². The number of anilines is 1. The van der Waals surface area contributed by atoms with Crippen LogP contribution < -0.4 is 32.3 Å². The number of primary amides is 1. The quantitative estimate of drug-likeness (QED) is 0.143. The summed E-state index contributed by atoms with van der Waals surface area (Å²) in [4.78, 5) is 72.8. The molecule has 0 aliphatic heterocycles. The molecule has 0 aliphatic carbocycles. The Balaban J connectivity index is 2.56. The van der Waals surface area contributed by atoms with E-state index in [-0.39, 0.29) is 56.4 Å². The van der Waals surface area contributed by atoms with Crippen LogP contribution in [0.3, 0.4) is 0 Å². The highest BCUT2D eigenvalue weighted by atomic mass is 16.5. The smallest absolute Gasteiger partial charge is 0.308 e. The molecule has 0 aliphatic rings. The topological polar surface area (TPSA) is 198 Å². The molecule has 13 nitrogen and oxygen atoms in total. The average molecular weight is 577 g/mol. The number of carbonyl (C=O) groups excluding carboxylic acids is 6. The average Bonchev–Trinajstić information content (AvgIpc) is 2.90. The Bertz CT molecular complexity index is 1060. The Morgan fingerprint density at radius 1 is 0.829 bits per heavy atom. The van der Waals surface area contributed by atoms with Crippen molar-refractivity contribution >= 4 is 41.2 Å². The summed E-state index contributed by atoms with van der Waals surface area (Å²) >= 11 is 0. The van der Waals surface area contributed by atoms with E-state index in [0.717, 1.165) is 5.56 Å². The third-order valence-corrected chi connectivity index (χ3v) is 5.73. The van der Waals surface area contributed by atoms with Crippen LogP contribution in [-0.2, 0) is 40.1 Å². The highest BCUT2D eigenvalue weighted by Crippen LogP contribution is 2.11. The molecule has 0 saturated carbocycles. The van der Waals surface area contributed by atoms with E-state index < -0.39 is 41.6 Å². The Morgan fingerprint density at radius 2 is 1.41 bits per heavy atom. The maximum absolute atomic E-state index is 12.7. The van der Waals surface area contributed by atoms with Gasteiger partial charge in [0, 0.05) is 18.2 Å². The largest absolute Gasteiger partial charge is 0.461 e. The molecule has 1 rings (SSSR count). The first kappa shape index (κ1) is 35.0. The van der Waals surface area contributed by atoms with Crippen molar-refractivity contribution in [2.75, 3.05) is 18.4 Å². The van der Waals surface area contributed by atoms with Crippen LogP contribution in [0.25, 0.3) is 0 Å². The molecule has 0 aromatic heterocycles. The fourth-order valence-corrected chi connectivity index (χ4v) is 3.52. The van der Waals surface area contributed by atoms with Gasteiger partial charge in [-0.15, -0.1) is 0 Å². The molecule has 5 amide bonds. The molecule has 7 N–H and O–H groups in total. The van der Waals surface area contributed by atoms with Crippen LogP contribution in [0, 0.1) is 11.8 Å². The van der Waals surface area contributed by atoms with Crippen LogP contribution in [-0.4, -0.2) is 66.7 Å². The fraction of sp³-hybridized carbons (Fsp3) is 0.571. The zero-order chi connectivity index (χ0) is 31.1. The number of ether oxygens (including phenoxy) is 1. The Hall–Kier alpha value is -4.00. The van der Waals surface area contributed by atoms with E-state index in [1.807, 2.05) is 13.8 Å². The Kier molecular flexibility index (Phi) is 15.1. The first-order valence-corrected chi connectivity index (χ1v) is 13.6. The van der Waals surface area contributed by atoms with Gasteiger partial charge in [-0.1, -0.05) is 53.7 Å². The van der Waals surface area contributed by atoms with Crippen molar-refractivity contribution in [3.05, 3.63) is 29.8 Å². The number of rotatable bonds is 17. The van der Waals surface area contributed by atoms with Crippen LogP contribution >= 0.6 is 0 Å². The second kappa shape index (κ2) is 17.6. The van der Waals surface area contributed by atoms with Crippen molar-refractivity contribution in [1.29, 1.82) is 0 Å². The number of nitrogens with one attached hydrogen (secondary N) is 5. The highest BCUT2D eigenvalue weighted by molar-refractivity contribution is 5.96. The molecule has 1 aromatic carbocycles. The van der Waals surface area contributed by atoms with Gasteiger partial charge in [0.2, 0.25) is 29.5 Å². The van der Waals surface area contributed by atoms with Crippen molar-refractivity contribution in [1.82, 2.24) is 21.3 Å². The molecule has 41 heavy (non-hydrogen) atoms. The Morgan fingerprint density at radius 3 is 1.95 bits per heavy atom. The zero-order valence-corrected chi connectivity index (χ0v) is 24.7. The molecular formula is C28H44N6O7. The number of amides is 5. The van der Waals surface area contributed by atoms with Crippen molar-refractivity contribution in [2.24, 2.45) is 17.6 Å². The maximum atomic E-state index is 12.7. The van der Waals surface area contributed by atoms with E-state index >= 15 is 0 Å². The maximum Gasteiger partial charge on any atom is 0.308 e. The van der Waals surface area contributed by atoms with E-state index in [2.05, 4.69) is 26.6 Å². The molecule has 228 valence electrons. The molecule has 0 bridgehead atoms. The molecule has 0 saturated heterocycles. The van der Waals surface area contributed by atoms with Gasteiger partial charge < -0.3 is 37.1 Å². The minimum absolute atomic E-state index is 0.00799. The van der Waals surface area contributed by atoms with Gasteiger partial charge in [-0.2, -0.15) is 0 Å². The molecule has 0 fully saturated rings. The molecule has 13 heteroatoms. The predicted octanol–water partition coefficient (Wildman–Crippen LogP) is 0.330. The lowest BCUT2D eigenvalue weighted by molar-refractivity contribution is -0.148. The van der Waals surface area contributed by atoms with E-state index in [1.165, 1.54) is 0 Å². The predicted molar refractivity (Wildman–Crippen MR) is 153 cm³/mol. The van der Waals surface area contributed by atoms with Crippen LogP contribution in [0.1, 0.15) is 59.9 Å². The lowest BCUT2D eigenvalue weighted by Crippen LogP contribution is -2.54. The standard InChI is InChI=1S/C28H44N6O7/c1-16(2)25(34-24(37)14-30-26(38)21(32-18(5)6)11-12-22(29)35)27(39)31-13-23(36)33-20-9-7-19(8-10-20)15-41-28(40)17(3)4/h7-10,16-18,21,25,32H,11-15H2,1-6H3,(H2,29,35)(H,30,38)(H,31,39)(H,33,36)(H,34,37). The van der Waals surface area contributed by atoms with Gasteiger partial charge in [-0.3, -0.25) is 28.8 Å². The number of carbonyl (C=O) groups is 6.